The lowest BCUT2D eigenvalue weighted by molar-refractivity contribution is 0.102. The summed E-state index contributed by atoms with van der Waals surface area (Å²) in [5, 5.41) is 10.5. The van der Waals surface area contributed by atoms with E-state index in [9.17, 15) is 4.79 Å². The molecule has 3 aromatic heterocycles. The highest BCUT2D eigenvalue weighted by Crippen LogP contribution is 2.28. The molecule has 0 aliphatic heterocycles. The maximum absolute atomic E-state index is 12.8. The lowest BCUT2D eigenvalue weighted by Crippen LogP contribution is -2.13. The Kier molecular flexibility index (Phi) is 5.94. The Morgan fingerprint density at radius 2 is 2.10 bits per heavy atom. The van der Waals surface area contributed by atoms with Gasteiger partial charge < -0.3 is 4.52 Å². The van der Waals surface area contributed by atoms with Gasteiger partial charge in [0.15, 0.2) is 5.13 Å². The van der Waals surface area contributed by atoms with Crippen LogP contribution in [0.15, 0.2) is 63.6 Å². The molecule has 6 nitrogen and oxygen atoms in total. The van der Waals surface area contributed by atoms with Gasteiger partial charge in [-0.05, 0) is 31.2 Å². The standard InChI is InChI=1S/C20H15ClN4O2S2/c1-12-9-15(25-27-12)10-28-19-16(3-2-8-22-19)18(26)24-20-23-17(11-29-20)13-4-6-14(21)7-5-13/h2-9,11H,10H2,1H3,(H,23,24,26). The summed E-state index contributed by atoms with van der Waals surface area (Å²) < 4.78 is 5.08. The maximum Gasteiger partial charge on any atom is 0.260 e. The molecular weight excluding hydrogens is 428 g/mol. The van der Waals surface area contributed by atoms with Gasteiger partial charge in [-0.1, -0.05) is 40.7 Å². The quantitative estimate of drug-likeness (QED) is 0.386. The summed E-state index contributed by atoms with van der Waals surface area (Å²) in [5.74, 6) is 1.06. The van der Waals surface area contributed by atoms with E-state index in [0.717, 1.165) is 22.7 Å². The molecule has 29 heavy (non-hydrogen) atoms. The van der Waals surface area contributed by atoms with Crippen LogP contribution in [0.1, 0.15) is 21.8 Å². The Morgan fingerprint density at radius 3 is 2.86 bits per heavy atom. The summed E-state index contributed by atoms with van der Waals surface area (Å²) in [6.07, 6.45) is 1.66. The summed E-state index contributed by atoms with van der Waals surface area (Å²) in [6, 6.07) is 12.7. The summed E-state index contributed by atoms with van der Waals surface area (Å²) in [4.78, 5) is 21.6. The molecule has 9 heteroatoms. The number of nitrogens with one attached hydrogen (secondary N) is 1. The molecule has 146 valence electrons. The van der Waals surface area contributed by atoms with Crippen LogP contribution in [0.3, 0.4) is 0 Å². The van der Waals surface area contributed by atoms with E-state index >= 15 is 0 Å². The molecule has 4 aromatic rings. The van der Waals surface area contributed by atoms with Gasteiger partial charge in [-0.15, -0.1) is 11.3 Å². The predicted octanol–water partition coefficient (Wildman–Crippen LogP) is 5.70. The number of halogens is 1. The lowest BCUT2D eigenvalue weighted by Gasteiger charge is -2.06. The van der Waals surface area contributed by atoms with Crippen LogP contribution in [0, 0.1) is 6.92 Å². The van der Waals surface area contributed by atoms with Crippen LogP contribution >= 0.6 is 34.7 Å². The van der Waals surface area contributed by atoms with Crippen molar-refractivity contribution in [1.29, 1.82) is 0 Å². The number of nitrogens with zero attached hydrogens (tertiary/aromatic N) is 3. The number of benzene rings is 1. The summed E-state index contributed by atoms with van der Waals surface area (Å²) in [5.41, 5.74) is 3.01. The Morgan fingerprint density at radius 1 is 1.28 bits per heavy atom. The number of anilines is 1. The molecule has 0 radical (unpaired) electrons. The van der Waals surface area contributed by atoms with E-state index in [1.54, 1.807) is 18.3 Å². The largest absolute Gasteiger partial charge is 0.361 e. The van der Waals surface area contributed by atoms with E-state index in [4.69, 9.17) is 16.1 Å². The van der Waals surface area contributed by atoms with Crippen molar-refractivity contribution < 1.29 is 9.32 Å². The minimum Gasteiger partial charge on any atom is -0.361 e. The Labute approximate surface area is 180 Å². The highest BCUT2D eigenvalue weighted by molar-refractivity contribution is 7.98. The van der Waals surface area contributed by atoms with Crippen molar-refractivity contribution in [2.75, 3.05) is 5.32 Å². The van der Waals surface area contributed by atoms with E-state index in [2.05, 4.69) is 20.4 Å². The number of hydrogen-bond donors (Lipinski definition) is 1. The molecule has 1 N–H and O–H groups in total. The van der Waals surface area contributed by atoms with Crippen molar-refractivity contribution in [2.24, 2.45) is 0 Å². The second-order valence-corrected chi connectivity index (χ2v) is 8.33. The molecule has 3 heterocycles. The number of hydrogen-bond acceptors (Lipinski definition) is 7. The first-order valence-electron chi connectivity index (χ1n) is 8.61. The number of carbonyl (C=O) groups is 1. The molecule has 0 atom stereocenters. The summed E-state index contributed by atoms with van der Waals surface area (Å²) in [7, 11) is 0. The van der Waals surface area contributed by atoms with Gasteiger partial charge in [0, 0.05) is 34.0 Å². The van der Waals surface area contributed by atoms with Gasteiger partial charge >= 0.3 is 0 Å². The molecule has 1 aromatic carbocycles. The third kappa shape index (κ3) is 4.84. The molecule has 4 rings (SSSR count). The number of rotatable bonds is 6. The number of aromatic nitrogens is 3. The summed E-state index contributed by atoms with van der Waals surface area (Å²) in [6.45, 7) is 1.84. The van der Waals surface area contributed by atoms with Gasteiger partial charge in [-0.3, -0.25) is 10.1 Å². The third-order valence-electron chi connectivity index (χ3n) is 3.91. The number of carbonyl (C=O) groups excluding carboxylic acids is 1. The van der Waals surface area contributed by atoms with Crippen molar-refractivity contribution in [3.05, 3.63) is 76.1 Å². The van der Waals surface area contributed by atoms with Gasteiger partial charge in [-0.25, -0.2) is 9.97 Å². The fourth-order valence-corrected chi connectivity index (χ4v) is 4.27. The molecule has 0 aliphatic rings. The van der Waals surface area contributed by atoms with Crippen molar-refractivity contribution in [2.45, 2.75) is 17.7 Å². The normalized spacial score (nSPS) is 10.8. The molecule has 0 saturated heterocycles. The van der Waals surface area contributed by atoms with Gasteiger partial charge in [0.2, 0.25) is 0 Å². The average Bonchev–Trinajstić information content (AvgIpc) is 3.36. The zero-order chi connectivity index (χ0) is 20.2. The molecule has 0 spiro atoms. The summed E-state index contributed by atoms with van der Waals surface area (Å²) >= 11 is 8.73. The first-order chi connectivity index (χ1) is 14.1. The molecule has 0 saturated carbocycles. The van der Waals surface area contributed by atoms with Crippen LogP contribution in [0.5, 0.6) is 0 Å². The fourth-order valence-electron chi connectivity index (χ4n) is 2.56. The molecule has 0 bridgehead atoms. The van der Waals surface area contributed by atoms with Crippen LogP contribution in [0.4, 0.5) is 5.13 Å². The monoisotopic (exact) mass is 442 g/mol. The molecular formula is C20H15ClN4O2S2. The SMILES string of the molecule is Cc1cc(CSc2ncccc2C(=O)Nc2nc(-c3ccc(Cl)cc3)cs2)no1. The second-order valence-electron chi connectivity index (χ2n) is 6.07. The van der Waals surface area contributed by atoms with Gasteiger partial charge in [-0.2, -0.15) is 0 Å². The Balaban J connectivity index is 1.47. The van der Waals surface area contributed by atoms with Gasteiger partial charge in [0.05, 0.1) is 17.0 Å². The first-order valence-corrected chi connectivity index (χ1v) is 10.9. The van der Waals surface area contributed by atoms with E-state index in [-0.39, 0.29) is 5.91 Å². The van der Waals surface area contributed by atoms with E-state index in [1.165, 1.54) is 23.1 Å². The smallest absolute Gasteiger partial charge is 0.260 e. The van der Waals surface area contributed by atoms with Crippen molar-refractivity contribution in [3.63, 3.8) is 0 Å². The first kappa shape index (κ1) is 19.6. The number of thiazole rings is 1. The Bertz CT molecular complexity index is 1140. The van der Waals surface area contributed by atoms with Crippen molar-refractivity contribution in [3.8, 4) is 11.3 Å². The predicted molar refractivity (Wildman–Crippen MR) is 116 cm³/mol. The number of aryl methyl sites for hydroxylation is 1. The van der Waals surface area contributed by atoms with Crippen LogP contribution in [0.2, 0.25) is 5.02 Å². The molecule has 0 aliphatic carbocycles. The van der Waals surface area contributed by atoms with E-state index < -0.39 is 0 Å². The molecule has 1 amide bonds. The molecule has 0 fully saturated rings. The fraction of sp³-hybridized carbons (Fsp3) is 0.100. The minimum absolute atomic E-state index is 0.256. The molecule has 0 unspecified atom stereocenters. The van der Waals surface area contributed by atoms with Gasteiger partial charge in [0.25, 0.3) is 5.91 Å². The topological polar surface area (TPSA) is 80.9 Å². The highest BCUT2D eigenvalue weighted by atomic mass is 35.5. The Hall–Kier alpha value is -2.68. The van der Waals surface area contributed by atoms with Crippen LogP contribution in [-0.2, 0) is 5.75 Å². The number of pyridine rings is 1. The van der Waals surface area contributed by atoms with Crippen molar-refractivity contribution in [1.82, 2.24) is 15.1 Å². The van der Waals surface area contributed by atoms with E-state index in [1.807, 2.05) is 42.6 Å². The lowest BCUT2D eigenvalue weighted by atomic mass is 10.2. The van der Waals surface area contributed by atoms with Gasteiger partial charge in [0.1, 0.15) is 10.8 Å². The highest BCUT2D eigenvalue weighted by Gasteiger charge is 2.16. The zero-order valence-corrected chi connectivity index (χ0v) is 17.6. The third-order valence-corrected chi connectivity index (χ3v) is 5.96. The zero-order valence-electron chi connectivity index (χ0n) is 15.3. The maximum atomic E-state index is 12.8. The van der Waals surface area contributed by atoms with Crippen LogP contribution < -0.4 is 5.32 Å². The second kappa shape index (κ2) is 8.77. The number of thioether (sulfide) groups is 1. The van der Waals surface area contributed by atoms with Crippen LogP contribution in [-0.4, -0.2) is 21.0 Å². The number of amides is 1. The average molecular weight is 443 g/mol. The van der Waals surface area contributed by atoms with Crippen molar-refractivity contribution >= 4 is 45.7 Å². The van der Waals surface area contributed by atoms with E-state index in [0.29, 0.717) is 26.5 Å². The van der Waals surface area contributed by atoms with Crippen LogP contribution in [0.25, 0.3) is 11.3 Å². The minimum atomic E-state index is -0.256.